The first-order valence-electron chi connectivity index (χ1n) is 5.12. The number of hydrogen-bond donors (Lipinski definition) is 0. The van der Waals surface area contributed by atoms with Crippen LogP contribution < -0.4 is 0 Å². The van der Waals surface area contributed by atoms with Gasteiger partial charge >= 0.3 is 0 Å². The molecular formula is C12H12BrNOS2. The van der Waals surface area contributed by atoms with Crippen LogP contribution in [0.25, 0.3) is 0 Å². The molecule has 0 aliphatic rings. The molecule has 0 saturated carbocycles. The van der Waals surface area contributed by atoms with E-state index in [2.05, 4.69) is 32.8 Å². The fourth-order valence-corrected chi connectivity index (χ4v) is 3.75. The molecule has 0 aliphatic carbocycles. The lowest BCUT2D eigenvalue weighted by Crippen LogP contribution is -2.25. The molecule has 0 fully saturated rings. The van der Waals surface area contributed by atoms with E-state index in [-0.39, 0.29) is 5.78 Å². The van der Waals surface area contributed by atoms with Crippen LogP contribution in [0.5, 0.6) is 0 Å². The van der Waals surface area contributed by atoms with Gasteiger partial charge in [0.25, 0.3) is 0 Å². The number of thiophene rings is 2. The summed E-state index contributed by atoms with van der Waals surface area (Å²) in [5.41, 5.74) is 1.26. The average Bonchev–Trinajstić information content (AvgIpc) is 2.88. The van der Waals surface area contributed by atoms with E-state index in [0.29, 0.717) is 6.54 Å². The second-order valence-electron chi connectivity index (χ2n) is 3.82. The highest BCUT2D eigenvalue weighted by Gasteiger charge is 2.14. The zero-order valence-corrected chi connectivity index (χ0v) is 12.6. The van der Waals surface area contributed by atoms with Crippen LogP contribution in [0.4, 0.5) is 0 Å². The van der Waals surface area contributed by atoms with E-state index >= 15 is 0 Å². The Bertz CT molecular complexity index is 492. The maximum absolute atomic E-state index is 12.0. The van der Waals surface area contributed by atoms with Crippen molar-refractivity contribution in [2.24, 2.45) is 0 Å². The number of Topliss-reactive ketones (excluding diaryl/α,β-unsaturated/α-hetero) is 1. The number of likely N-dealkylation sites (N-methyl/N-ethyl adjacent to an activating group) is 1. The molecule has 0 bridgehead atoms. The molecule has 2 heterocycles. The van der Waals surface area contributed by atoms with Crippen molar-refractivity contribution in [3.05, 3.63) is 43.2 Å². The van der Waals surface area contributed by atoms with Crippen molar-refractivity contribution in [2.45, 2.75) is 6.54 Å². The molecule has 0 aliphatic heterocycles. The number of nitrogens with zero attached hydrogens (tertiary/aromatic N) is 1. The lowest BCUT2D eigenvalue weighted by Gasteiger charge is -2.14. The molecule has 0 aromatic carbocycles. The molecule has 17 heavy (non-hydrogen) atoms. The second kappa shape index (κ2) is 5.91. The molecule has 0 radical (unpaired) electrons. The first kappa shape index (κ1) is 13.0. The normalized spacial score (nSPS) is 11.0. The Hall–Kier alpha value is -0.490. The van der Waals surface area contributed by atoms with E-state index in [1.165, 1.54) is 16.9 Å². The van der Waals surface area contributed by atoms with Gasteiger partial charge < -0.3 is 0 Å². The van der Waals surface area contributed by atoms with Gasteiger partial charge in [0.05, 0.1) is 11.4 Å². The maximum Gasteiger partial charge on any atom is 0.187 e. The molecule has 2 aromatic heterocycles. The van der Waals surface area contributed by atoms with E-state index in [4.69, 9.17) is 0 Å². The van der Waals surface area contributed by atoms with Gasteiger partial charge in [-0.15, -0.1) is 11.3 Å². The first-order valence-corrected chi connectivity index (χ1v) is 7.74. The van der Waals surface area contributed by atoms with Gasteiger partial charge in [-0.3, -0.25) is 9.69 Å². The van der Waals surface area contributed by atoms with E-state index in [9.17, 15) is 4.79 Å². The summed E-state index contributed by atoms with van der Waals surface area (Å²) in [5, 5.41) is 6.10. The minimum Gasteiger partial charge on any atom is -0.295 e. The Morgan fingerprint density at radius 1 is 1.41 bits per heavy atom. The molecule has 0 saturated heterocycles. The van der Waals surface area contributed by atoms with Gasteiger partial charge in [0.2, 0.25) is 0 Å². The summed E-state index contributed by atoms with van der Waals surface area (Å²) in [6.45, 7) is 1.27. The summed E-state index contributed by atoms with van der Waals surface area (Å²) in [4.78, 5) is 14.9. The molecular weight excluding hydrogens is 318 g/mol. The quantitative estimate of drug-likeness (QED) is 0.775. The number of halogens is 1. The predicted octanol–water partition coefficient (Wildman–Crippen LogP) is 3.89. The summed E-state index contributed by atoms with van der Waals surface area (Å²) in [7, 11) is 1.97. The molecule has 2 rings (SSSR count). The SMILES string of the molecule is CN(CC(=O)c1sccc1Br)Cc1ccsc1. The summed E-state index contributed by atoms with van der Waals surface area (Å²) in [6.07, 6.45) is 0. The Balaban J connectivity index is 1.93. The Kier molecular flexibility index (Phi) is 4.50. The Morgan fingerprint density at radius 3 is 2.82 bits per heavy atom. The molecule has 0 atom stereocenters. The minimum absolute atomic E-state index is 0.171. The van der Waals surface area contributed by atoms with Crippen molar-refractivity contribution < 1.29 is 4.79 Å². The van der Waals surface area contributed by atoms with Gasteiger partial charge in [0, 0.05) is 11.0 Å². The fourth-order valence-electron chi connectivity index (χ4n) is 1.56. The van der Waals surface area contributed by atoms with E-state index < -0.39 is 0 Å². The second-order valence-corrected chi connectivity index (χ2v) is 6.38. The van der Waals surface area contributed by atoms with Crippen molar-refractivity contribution in [1.29, 1.82) is 0 Å². The first-order chi connectivity index (χ1) is 8.16. The molecule has 5 heteroatoms. The number of rotatable bonds is 5. The van der Waals surface area contributed by atoms with Crippen LogP contribution in [0.2, 0.25) is 0 Å². The van der Waals surface area contributed by atoms with Gasteiger partial charge in [0.15, 0.2) is 5.78 Å². The monoisotopic (exact) mass is 329 g/mol. The van der Waals surface area contributed by atoms with Crippen LogP contribution in [0.1, 0.15) is 15.2 Å². The van der Waals surface area contributed by atoms with Crippen molar-refractivity contribution in [2.75, 3.05) is 13.6 Å². The van der Waals surface area contributed by atoms with Crippen LogP contribution in [0.15, 0.2) is 32.7 Å². The highest BCUT2D eigenvalue weighted by atomic mass is 79.9. The Morgan fingerprint density at radius 2 is 2.24 bits per heavy atom. The standard InChI is InChI=1S/C12H12BrNOS2/c1-14(6-9-2-4-16-8-9)7-11(15)12-10(13)3-5-17-12/h2-5,8H,6-7H2,1H3. The van der Waals surface area contributed by atoms with E-state index in [1.807, 2.05) is 23.4 Å². The lowest BCUT2D eigenvalue weighted by molar-refractivity contribution is 0.0946. The third-order valence-corrected chi connectivity index (χ3v) is 4.93. The zero-order chi connectivity index (χ0) is 12.3. The van der Waals surface area contributed by atoms with E-state index in [0.717, 1.165) is 15.9 Å². The van der Waals surface area contributed by atoms with Crippen LogP contribution in [-0.2, 0) is 6.54 Å². The third kappa shape index (κ3) is 3.48. The Labute approximate surface area is 117 Å². The fraction of sp³-hybridized carbons (Fsp3) is 0.250. The van der Waals surface area contributed by atoms with Crippen LogP contribution in [-0.4, -0.2) is 24.3 Å². The molecule has 0 amide bonds. The largest absolute Gasteiger partial charge is 0.295 e. The number of ketones is 1. The molecule has 0 spiro atoms. The highest BCUT2D eigenvalue weighted by molar-refractivity contribution is 9.10. The van der Waals surface area contributed by atoms with Crippen LogP contribution in [0.3, 0.4) is 0 Å². The number of carbonyl (C=O) groups excluding carboxylic acids is 1. The van der Waals surface area contributed by atoms with Gasteiger partial charge in [-0.2, -0.15) is 11.3 Å². The van der Waals surface area contributed by atoms with Gasteiger partial charge in [0.1, 0.15) is 0 Å². The summed E-state index contributed by atoms with van der Waals surface area (Å²) >= 11 is 6.56. The number of hydrogen-bond acceptors (Lipinski definition) is 4. The smallest absolute Gasteiger partial charge is 0.187 e. The summed E-state index contributed by atoms with van der Waals surface area (Å²) < 4.78 is 0.899. The molecule has 90 valence electrons. The van der Waals surface area contributed by atoms with Gasteiger partial charge in [-0.25, -0.2) is 0 Å². The molecule has 0 N–H and O–H groups in total. The zero-order valence-electron chi connectivity index (χ0n) is 9.35. The topological polar surface area (TPSA) is 20.3 Å². The predicted molar refractivity (Wildman–Crippen MR) is 77.0 cm³/mol. The molecule has 2 aromatic rings. The summed E-state index contributed by atoms with van der Waals surface area (Å²) in [6, 6.07) is 4.00. The lowest BCUT2D eigenvalue weighted by atomic mass is 10.2. The van der Waals surface area contributed by atoms with Crippen molar-refractivity contribution >= 4 is 44.4 Å². The van der Waals surface area contributed by atoms with Crippen LogP contribution >= 0.6 is 38.6 Å². The maximum atomic E-state index is 12.0. The van der Waals surface area contributed by atoms with Gasteiger partial charge in [-0.1, -0.05) is 0 Å². The van der Waals surface area contributed by atoms with Crippen molar-refractivity contribution in [3.63, 3.8) is 0 Å². The third-order valence-electron chi connectivity index (χ3n) is 2.32. The van der Waals surface area contributed by atoms with Crippen molar-refractivity contribution in [1.82, 2.24) is 4.90 Å². The average molecular weight is 330 g/mol. The summed E-state index contributed by atoms with van der Waals surface area (Å²) in [5.74, 6) is 0.171. The number of carbonyl (C=O) groups is 1. The van der Waals surface area contributed by atoms with E-state index in [1.54, 1.807) is 11.3 Å². The van der Waals surface area contributed by atoms with Gasteiger partial charge in [-0.05, 0) is 56.8 Å². The minimum atomic E-state index is 0.171. The molecule has 0 unspecified atom stereocenters. The highest BCUT2D eigenvalue weighted by Crippen LogP contribution is 2.23. The van der Waals surface area contributed by atoms with Crippen molar-refractivity contribution in [3.8, 4) is 0 Å². The molecule has 2 nitrogen and oxygen atoms in total. The van der Waals surface area contributed by atoms with Crippen LogP contribution in [0, 0.1) is 0 Å².